The van der Waals surface area contributed by atoms with Crippen LogP contribution in [0.1, 0.15) is 25.3 Å². The first-order chi connectivity index (χ1) is 20.3. The van der Waals surface area contributed by atoms with Crippen molar-refractivity contribution in [2.45, 2.75) is 62.5 Å². The normalized spacial score (nSPS) is 15.3. The van der Waals surface area contributed by atoms with Crippen LogP contribution in [0.25, 0.3) is 10.9 Å². The number of aliphatic hydroxyl groups excluding tert-OH is 3. The third-order valence-corrected chi connectivity index (χ3v) is 6.44. The van der Waals surface area contributed by atoms with Gasteiger partial charge in [0.1, 0.15) is 30.2 Å². The van der Waals surface area contributed by atoms with Gasteiger partial charge >= 0.3 is 5.97 Å². The van der Waals surface area contributed by atoms with Crippen molar-refractivity contribution >= 4 is 46.4 Å². The number of primary amides is 1. The Bertz CT molecular complexity index is 1310. The molecule has 0 bridgehead atoms. The van der Waals surface area contributed by atoms with E-state index in [-0.39, 0.29) is 19.3 Å². The van der Waals surface area contributed by atoms with E-state index >= 15 is 0 Å². The summed E-state index contributed by atoms with van der Waals surface area (Å²) in [6, 6.07) is -0.576. The minimum Gasteiger partial charge on any atom is -0.480 e. The molecule has 0 aliphatic heterocycles. The number of carbonyl (C=O) groups excluding carboxylic acids is 5. The Labute approximate surface area is 245 Å². The highest BCUT2D eigenvalue weighted by Gasteiger charge is 2.34. The Balaban J connectivity index is 2.32. The zero-order valence-electron chi connectivity index (χ0n) is 23.3. The van der Waals surface area contributed by atoms with E-state index in [1.54, 1.807) is 30.5 Å². The summed E-state index contributed by atoms with van der Waals surface area (Å²) < 4.78 is 0. The number of aromatic nitrogens is 1. The van der Waals surface area contributed by atoms with Crippen molar-refractivity contribution in [2.24, 2.45) is 11.5 Å². The van der Waals surface area contributed by atoms with E-state index in [1.807, 2.05) is 0 Å². The van der Waals surface area contributed by atoms with E-state index in [1.165, 1.54) is 6.92 Å². The molecule has 2 aromatic rings. The van der Waals surface area contributed by atoms with Gasteiger partial charge in [-0.05, 0) is 25.0 Å². The Kier molecular flexibility index (Phi) is 13.0. The number of H-pyrrole nitrogens is 1. The second-order valence-electron chi connectivity index (χ2n) is 9.79. The van der Waals surface area contributed by atoms with Crippen molar-refractivity contribution in [3.63, 3.8) is 0 Å². The quantitative estimate of drug-likeness (QED) is 0.0817. The van der Waals surface area contributed by atoms with E-state index in [0.717, 1.165) is 5.52 Å². The maximum atomic E-state index is 13.5. The summed E-state index contributed by atoms with van der Waals surface area (Å²) in [5, 5.41) is 48.2. The van der Waals surface area contributed by atoms with Crippen LogP contribution in [-0.2, 0) is 35.2 Å². The van der Waals surface area contributed by atoms with Gasteiger partial charge in [-0.3, -0.25) is 24.0 Å². The van der Waals surface area contributed by atoms with Gasteiger partial charge in [0, 0.05) is 29.9 Å². The maximum absolute atomic E-state index is 13.5. The van der Waals surface area contributed by atoms with Gasteiger partial charge in [0.2, 0.25) is 29.5 Å². The fraction of sp³-hybridized carbons (Fsp3) is 0.462. The molecule has 1 aromatic carbocycles. The predicted molar refractivity (Wildman–Crippen MR) is 150 cm³/mol. The van der Waals surface area contributed by atoms with Crippen molar-refractivity contribution in [1.82, 2.24) is 26.3 Å². The van der Waals surface area contributed by atoms with Gasteiger partial charge < -0.3 is 58.1 Å². The molecule has 2 rings (SSSR count). The largest absolute Gasteiger partial charge is 0.480 e. The van der Waals surface area contributed by atoms with Crippen LogP contribution >= 0.6 is 0 Å². The number of aliphatic carboxylic acids is 1. The highest BCUT2D eigenvalue weighted by atomic mass is 16.4. The number of rotatable bonds is 17. The molecule has 17 nitrogen and oxygen atoms in total. The van der Waals surface area contributed by atoms with E-state index in [0.29, 0.717) is 10.9 Å². The fourth-order valence-electron chi connectivity index (χ4n) is 4.02. The zero-order chi connectivity index (χ0) is 32.3. The first-order valence-corrected chi connectivity index (χ1v) is 13.2. The summed E-state index contributed by atoms with van der Waals surface area (Å²) in [6.45, 7) is -0.457. The molecular weight excluding hydrogens is 570 g/mol. The number of para-hydroxylation sites is 1. The van der Waals surface area contributed by atoms with Crippen LogP contribution in [0.3, 0.4) is 0 Å². The topological polar surface area (TPSA) is 299 Å². The van der Waals surface area contributed by atoms with Crippen LogP contribution in [0, 0.1) is 0 Å². The summed E-state index contributed by atoms with van der Waals surface area (Å²) in [7, 11) is 0. The second-order valence-corrected chi connectivity index (χ2v) is 9.79. The van der Waals surface area contributed by atoms with Gasteiger partial charge in [-0.1, -0.05) is 18.2 Å². The van der Waals surface area contributed by atoms with E-state index in [4.69, 9.17) is 16.6 Å². The van der Waals surface area contributed by atoms with Crippen LogP contribution < -0.4 is 32.7 Å². The number of carboxylic acids is 1. The minimum absolute atomic E-state index is 0.158. The van der Waals surface area contributed by atoms with Gasteiger partial charge in [0.05, 0.1) is 19.3 Å². The smallest absolute Gasteiger partial charge is 0.326 e. The summed E-state index contributed by atoms with van der Waals surface area (Å²) >= 11 is 0. The molecule has 13 N–H and O–H groups in total. The number of hydrogen-bond acceptors (Lipinski definition) is 10. The number of hydrogen-bond donors (Lipinski definition) is 11. The van der Waals surface area contributed by atoms with Gasteiger partial charge in [0.15, 0.2) is 0 Å². The molecule has 17 heteroatoms. The van der Waals surface area contributed by atoms with Crippen LogP contribution in [0.5, 0.6) is 0 Å². The number of carboxylic acid groups (broad SMARTS) is 1. The third-order valence-electron chi connectivity index (χ3n) is 6.44. The molecule has 0 radical (unpaired) electrons. The Morgan fingerprint density at radius 1 is 0.860 bits per heavy atom. The second kappa shape index (κ2) is 16.2. The average Bonchev–Trinajstić information content (AvgIpc) is 3.37. The number of nitrogens with two attached hydrogens (primary N) is 2. The molecule has 236 valence electrons. The molecule has 0 unspecified atom stereocenters. The van der Waals surface area contributed by atoms with E-state index in [9.17, 15) is 44.1 Å². The summed E-state index contributed by atoms with van der Waals surface area (Å²) in [4.78, 5) is 77.2. The Morgan fingerprint density at radius 2 is 1.47 bits per heavy atom. The third kappa shape index (κ3) is 10.0. The summed E-state index contributed by atoms with van der Waals surface area (Å²) in [5.41, 5.74) is 11.8. The molecular formula is C26H37N7O10. The first-order valence-electron chi connectivity index (χ1n) is 13.2. The van der Waals surface area contributed by atoms with Crippen LogP contribution in [0.4, 0.5) is 0 Å². The first kappa shape index (κ1) is 34.6. The minimum atomic E-state index is -1.69. The molecule has 0 aliphatic carbocycles. The molecule has 0 spiro atoms. The molecule has 43 heavy (non-hydrogen) atoms. The molecule has 0 saturated carbocycles. The number of nitrogens with one attached hydrogen (secondary N) is 5. The van der Waals surface area contributed by atoms with Crippen LogP contribution in [0.2, 0.25) is 0 Å². The lowest BCUT2D eigenvalue weighted by molar-refractivity contribution is -0.143. The van der Waals surface area contributed by atoms with Crippen molar-refractivity contribution in [3.05, 3.63) is 36.0 Å². The van der Waals surface area contributed by atoms with Gasteiger partial charge in [-0.2, -0.15) is 0 Å². The number of carbonyl (C=O) groups is 6. The monoisotopic (exact) mass is 607 g/mol. The number of benzene rings is 1. The van der Waals surface area contributed by atoms with Gasteiger partial charge in [-0.25, -0.2) is 4.79 Å². The molecule has 0 fully saturated rings. The molecule has 6 atom stereocenters. The SMILES string of the molecule is C[C@@H](O)[C@H](NC(=O)[C@H](Cc1c[nH]c2ccccc12)NC(=O)[C@H](CO)NC(=O)[C@@H](N)CO)C(=O)N[C@@H](CCC(N)=O)C(=O)O. The van der Waals surface area contributed by atoms with Gasteiger partial charge in [-0.15, -0.1) is 0 Å². The number of amides is 5. The predicted octanol–water partition coefficient (Wildman–Crippen LogP) is -4.31. The fourth-order valence-corrected chi connectivity index (χ4v) is 4.02. The molecule has 0 aliphatic rings. The zero-order valence-corrected chi connectivity index (χ0v) is 23.3. The lowest BCUT2D eigenvalue weighted by Gasteiger charge is -2.27. The van der Waals surface area contributed by atoms with Crippen LogP contribution in [0.15, 0.2) is 30.5 Å². The standard InChI is InChI=1S/C26H37N7O10/c1-12(36)21(25(41)30-17(26(42)43)6-7-20(28)37)33-23(39)18(8-13-9-29-16-5-3-2-4-14(13)16)31-24(40)19(11-35)32-22(38)15(27)10-34/h2-5,9,12,15,17-19,21,29,34-36H,6-8,10-11,27H2,1H3,(H2,28,37)(H,30,41)(H,31,40)(H,32,38)(H,33,39)(H,42,43)/t12-,15+,17+,18+,19+,21+/m1/s1. The summed E-state index contributed by atoms with van der Waals surface area (Å²) in [6.07, 6.45) is -0.799. The van der Waals surface area contributed by atoms with Crippen molar-refractivity contribution in [1.29, 1.82) is 0 Å². The number of fused-ring (bicyclic) bond motifs is 1. The number of aliphatic hydroxyl groups is 3. The Morgan fingerprint density at radius 3 is 2.05 bits per heavy atom. The average molecular weight is 608 g/mol. The lowest BCUT2D eigenvalue weighted by atomic mass is 10.0. The number of aromatic amines is 1. The van der Waals surface area contributed by atoms with Crippen LogP contribution in [-0.4, -0.2) is 110 Å². The highest BCUT2D eigenvalue weighted by molar-refractivity contribution is 5.96. The van der Waals surface area contributed by atoms with Gasteiger partial charge in [0.25, 0.3) is 0 Å². The lowest BCUT2D eigenvalue weighted by Crippen LogP contribution is -2.61. The maximum Gasteiger partial charge on any atom is 0.326 e. The molecule has 5 amide bonds. The van der Waals surface area contributed by atoms with Crippen molar-refractivity contribution in [2.75, 3.05) is 13.2 Å². The molecule has 1 heterocycles. The highest BCUT2D eigenvalue weighted by Crippen LogP contribution is 2.19. The van der Waals surface area contributed by atoms with Crippen molar-refractivity contribution < 1.29 is 49.2 Å². The Hall–Kier alpha value is -4.58. The van der Waals surface area contributed by atoms with E-state index in [2.05, 4.69) is 26.3 Å². The molecule has 0 saturated heterocycles. The molecule has 1 aromatic heterocycles. The van der Waals surface area contributed by atoms with Crippen molar-refractivity contribution in [3.8, 4) is 0 Å². The summed E-state index contributed by atoms with van der Waals surface area (Å²) in [5.74, 6) is -6.28. The van der Waals surface area contributed by atoms with E-state index < -0.39 is 85.0 Å².